The molecular weight excluding hydrogens is 340 g/mol. The number of Topliss-reactive ketones (excluding diaryl/α,β-unsaturated/α-hetero) is 1. The summed E-state index contributed by atoms with van der Waals surface area (Å²) in [5.74, 6) is 0.565. The van der Waals surface area contributed by atoms with Gasteiger partial charge in [-0.25, -0.2) is 0 Å². The van der Waals surface area contributed by atoms with E-state index in [1.165, 1.54) is 0 Å². The number of nitrogens with zero attached hydrogens (tertiary/aromatic N) is 3. The number of aromatic nitrogens is 2. The van der Waals surface area contributed by atoms with Gasteiger partial charge in [-0.3, -0.25) is 14.3 Å². The molecule has 6 heteroatoms. The zero-order valence-corrected chi connectivity index (χ0v) is 15.7. The number of carbonyl (C=O) groups is 2. The maximum atomic E-state index is 13.1. The molecule has 0 spiro atoms. The topological polar surface area (TPSA) is 67.2 Å². The summed E-state index contributed by atoms with van der Waals surface area (Å²) >= 11 is 0. The smallest absolute Gasteiger partial charge is 0.227 e. The SMILES string of the molecule is Cn1cc([C@H]2CNC[C@@H]2C(=O)N2CCC(C(=O)c3ccccc3)CC2)cn1. The van der Waals surface area contributed by atoms with Gasteiger partial charge < -0.3 is 10.2 Å². The first-order valence-corrected chi connectivity index (χ1v) is 9.71. The molecule has 1 N–H and O–H groups in total. The van der Waals surface area contributed by atoms with E-state index >= 15 is 0 Å². The number of likely N-dealkylation sites (tertiary alicyclic amines) is 1. The zero-order chi connectivity index (χ0) is 18.8. The average Bonchev–Trinajstić information content (AvgIpc) is 3.36. The molecule has 0 saturated carbocycles. The highest BCUT2D eigenvalue weighted by Gasteiger charge is 2.38. The third-order valence-corrected chi connectivity index (χ3v) is 5.92. The van der Waals surface area contributed by atoms with E-state index in [2.05, 4.69) is 10.4 Å². The van der Waals surface area contributed by atoms with Crippen molar-refractivity contribution in [3.05, 3.63) is 53.9 Å². The van der Waals surface area contributed by atoms with E-state index in [1.807, 2.05) is 54.7 Å². The maximum Gasteiger partial charge on any atom is 0.227 e. The van der Waals surface area contributed by atoms with Crippen molar-refractivity contribution < 1.29 is 9.59 Å². The molecule has 0 bridgehead atoms. The normalized spacial score (nSPS) is 23.5. The van der Waals surface area contributed by atoms with Crippen molar-refractivity contribution in [1.82, 2.24) is 20.0 Å². The van der Waals surface area contributed by atoms with E-state index in [-0.39, 0.29) is 29.4 Å². The van der Waals surface area contributed by atoms with Gasteiger partial charge in [0.25, 0.3) is 0 Å². The molecule has 2 atom stereocenters. The Morgan fingerprint density at radius 3 is 2.52 bits per heavy atom. The second kappa shape index (κ2) is 7.64. The van der Waals surface area contributed by atoms with Crippen LogP contribution in [0.5, 0.6) is 0 Å². The highest BCUT2D eigenvalue weighted by molar-refractivity contribution is 5.98. The van der Waals surface area contributed by atoms with Crippen LogP contribution in [-0.2, 0) is 11.8 Å². The van der Waals surface area contributed by atoms with Crippen LogP contribution in [0.15, 0.2) is 42.7 Å². The van der Waals surface area contributed by atoms with Crippen LogP contribution in [0.4, 0.5) is 0 Å². The first-order chi connectivity index (χ1) is 13.1. The molecule has 6 nitrogen and oxygen atoms in total. The van der Waals surface area contributed by atoms with Gasteiger partial charge in [-0.2, -0.15) is 5.10 Å². The fourth-order valence-corrected chi connectivity index (χ4v) is 4.35. The number of benzene rings is 1. The Bertz CT molecular complexity index is 809. The molecule has 3 heterocycles. The summed E-state index contributed by atoms with van der Waals surface area (Å²) in [6.45, 7) is 2.85. The van der Waals surface area contributed by atoms with Crippen molar-refractivity contribution in [2.45, 2.75) is 18.8 Å². The van der Waals surface area contributed by atoms with Crippen molar-refractivity contribution in [2.75, 3.05) is 26.2 Å². The lowest BCUT2D eigenvalue weighted by molar-refractivity contribution is -0.136. The van der Waals surface area contributed by atoms with Crippen LogP contribution in [0.25, 0.3) is 0 Å². The second-order valence-electron chi connectivity index (χ2n) is 7.65. The van der Waals surface area contributed by atoms with E-state index in [9.17, 15) is 9.59 Å². The molecule has 27 heavy (non-hydrogen) atoms. The van der Waals surface area contributed by atoms with Gasteiger partial charge >= 0.3 is 0 Å². The number of aryl methyl sites for hydroxylation is 1. The Morgan fingerprint density at radius 2 is 1.85 bits per heavy atom. The fourth-order valence-electron chi connectivity index (χ4n) is 4.35. The lowest BCUT2D eigenvalue weighted by atomic mass is 9.86. The van der Waals surface area contributed by atoms with Crippen molar-refractivity contribution >= 4 is 11.7 Å². The van der Waals surface area contributed by atoms with E-state index in [1.54, 1.807) is 4.68 Å². The molecule has 1 aromatic carbocycles. The molecule has 4 rings (SSSR count). The fraction of sp³-hybridized carbons (Fsp3) is 0.476. The first kappa shape index (κ1) is 17.9. The molecule has 1 amide bonds. The molecular formula is C21H26N4O2. The number of rotatable bonds is 4. The third kappa shape index (κ3) is 3.67. The number of ketones is 1. The second-order valence-corrected chi connectivity index (χ2v) is 7.65. The number of amides is 1. The average molecular weight is 366 g/mol. The molecule has 142 valence electrons. The molecule has 0 unspecified atom stereocenters. The maximum absolute atomic E-state index is 13.1. The van der Waals surface area contributed by atoms with Crippen LogP contribution in [0.2, 0.25) is 0 Å². The number of nitrogens with one attached hydrogen (secondary N) is 1. The van der Waals surface area contributed by atoms with Gasteiger partial charge in [0, 0.05) is 56.8 Å². The van der Waals surface area contributed by atoms with Gasteiger partial charge in [0.05, 0.1) is 12.1 Å². The highest BCUT2D eigenvalue weighted by atomic mass is 16.2. The largest absolute Gasteiger partial charge is 0.342 e. The minimum absolute atomic E-state index is 0.0206. The molecule has 0 aliphatic carbocycles. The van der Waals surface area contributed by atoms with Crippen molar-refractivity contribution in [3.63, 3.8) is 0 Å². The van der Waals surface area contributed by atoms with Crippen molar-refractivity contribution in [1.29, 1.82) is 0 Å². The van der Waals surface area contributed by atoms with Gasteiger partial charge in [0.1, 0.15) is 0 Å². The van der Waals surface area contributed by atoms with Crippen LogP contribution in [0.3, 0.4) is 0 Å². The quantitative estimate of drug-likeness (QED) is 0.839. The van der Waals surface area contributed by atoms with Crippen molar-refractivity contribution in [3.8, 4) is 0 Å². The monoisotopic (exact) mass is 366 g/mol. The summed E-state index contributed by atoms with van der Waals surface area (Å²) in [5.41, 5.74) is 1.90. The predicted octanol–water partition coefficient (Wildman–Crippen LogP) is 1.84. The van der Waals surface area contributed by atoms with Gasteiger partial charge in [0.2, 0.25) is 5.91 Å². The molecule has 2 aromatic rings. The Kier molecular flexibility index (Phi) is 5.07. The molecule has 2 saturated heterocycles. The number of hydrogen-bond donors (Lipinski definition) is 1. The summed E-state index contributed by atoms with van der Waals surface area (Å²) in [6, 6.07) is 9.48. The third-order valence-electron chi connectivity index (χ3n) is 5.92. The van der Waals surface area contributed by atoms with Gasteiger partial charge in [-0.15, -0.1) is 0 Å². The minimum atomic E-state index is -0.0458. The molecule has 2 aliphatic rings. The lowest BCUT2D eigenvalue weighted by Gasteiger charge is -2.34. The molecule has 2 aliphatic heterocycles. The Labute approximate surface area is 159 Å². The van der Waals surface area contributed by atoms with Crippen LogP contribution >= 0.6 is 0 Å². The van der Waals surface area contributed by atoms with Crippen LogP contribution in [0.1, 0.15) is 34.7 Å². The highest BCUT2D eigenvalue weighted by Crippen LogP contribution is 2.31. The van der Waals surface area contributed by atoms with Gasteiger partial charge in [0.15, 0.2) is 5.78 Å². The van der Waals surface area contributed by atoms with Crippen molar-refractivity contribution in [2.24, 2.45) is 18.9 Å². The minimum Gasteiger partial charge on any atom is -0.342 e. The van der Waals surface area contributed by atoms with Crippen LogP contribution < -0.4 is 5.32 Å². The lowest BCUT2D eigenvalue weighted by Crippen LogP contribution is -2.44. The zero-order valence-electron chi connectivity index (χ0n) is 15.7. The molecule has 0 radical (unpaired) electrons. The predicted molar refractivity (Wildman–Crippen MR) is 102 cm³/mol. The summed E-state index contributed by atoms with van der Waals surface area (Å²) < 4.78 is 1.79. The number of hydrogen-bond acceptors (Lipinski definition) is 4. The summed E-state index contributed by atoms with van der Waals surface area (Å²) in [7, 11) is 1.90. The molecule has 1 aromatic heterocycles. The van der Waals surface area contributed by atoms with E-state index in [0.717, 1.165) is 30.5 Å². The van der Waals surface area contributed by atoms with E-state index < -0.39 is 0 Å². The van der Waals surface area contributed by atoms with Crippen LogP contribution in [0, 0.1) is 11.8 Å². The van der Waals surface area contributed by atoms with Gasteiger partial charge in [-0.05, 0) is 18.4 Å². The number of carbonyl (C=O) groups excluding carboxylic acids is 2. The summed E-state index contributed by atoms with van der Waals surface area (Å²) in [5, 5.41) is 7.61. The van der Waals surface area contributed by atoms with E-state index in [0.29, 0.717) is 19.6 Å². The molecule has 2 fully saturated rings. The Morgan fingerprint density at radius 1 is 1.11 bits per heavy atom. The Hall–Kier alpha value is -2.47. The number of piperidine rings is 1. The van der Waals surface area contributed by atoms with Crippen LogP contribution in [-0.4, -0.2) is 52.5 Å². The first-order valence-electron chi connectivity index (χ1n) is 9.71. The summed E-state index contributed by atoms with van der Waals surface area (Å²) in [4.78, 5) is 27.7. The standard InChI is InChI=1S/C21H26N4O2/c1-24-14-17(11-23-24)18-12-22-13-19(18)21(27)25-9-7-16(8-10-25)20(26)15-5-3-2-4-6-15/h2-6,11,14,16,18-19,22H,7-10,12-13H2,1H3/t18-,19+/m1/s1. The Balaban J connectivity index is 1.38. The van der Waals surface area contributed by atoms with Gasteiger partial charge in [-0.1, -0.05) is 30.3 Å². The summed E-state index contributed by atoms with van der Waals surface area (Å²) in [6.07, 6.45) is 5.36. The van der Waals surface area contributed by atoms with E-state index in [4.69, 9.17) is 0 Å².